The second-order valence-corrected chi connectivity index (χ2v) is 7.69. The summed E-state index contributed by atoms with van der Waals surface area (Å²) in [4.78, 5) is 2.33. The fourth-order valence-electron chi connectivity index (χ4n) is 3.33. The lowest BCUT2D eigenvalue weighted by molar-refractivity contribution is 0.215. The van der Waals surface area contributed by atoms with Gasteiger partial charge in [-0.2, -0.15) is 0 Å². The molecule has 0 aliphatic heterocycles. The van der Waals surface area contributed by atoms with Crippen LogP contribution in [0.4, 0.5) is 0 Å². The molecule has 21 heavy (non-hydrogen) atoms. The van der Waals surface area contributed by atoms with Crippen molar-refractivity contribution in [1.82, 2.24) is 4.90 Å². The maximum atomic E-state index is 2.56. The number of unbranched alkanes of at least 4 members (excludes halogenated alkanes) is 7. The van der Waals surface area contributed by atoms with E-state index in [1.807, 2.05) is 0 Å². The maximum absolute atomic E-state index is 2.56. The molecule has 0 heterocycles. The zero-order valence-corrected chi connectivity index (χ0v) is 15.8. The highest BCUT2D eigenvalue weighted by molar-refractivity contribution is 4.75. The fourth-order valence-corrected chi connectivity index (χ4v) is 3.33. The van der Waals surface area contributed by atoms with Gasteiger partial charge in [-0.25, -0.2) is 0 Å². The number of hydrogen-bond donors (Lipinski definition) is 0. The molecule has 0 aliphatic carbocycles. The van der Waals surface area contributed by atoms with Crippen LogP contribution in [0.25, 0.3) is 0 Å². The zero-order chi connectivity index (χ0) is 16.0. The monoisotopic (exact) mass is 297 g/mol. The number of rotatable bonds is 15. The first kappa shape index (κ1) is 21.0. The van der Waals surface area contributed by atoms with Gasteiger partial charge in [-0.15, -0.1) is 0 Å². The van der Waals surface area contributed by atoms with E-state index in [1.54, 1.807) is 0 Å². The van der Waals surface area contributed by atoms with Gasteiger partial charge in [0.05, 0.1) is 0 Å². The molecule has 0 aromatic heterocycles. The first-order valence-corrected chi connectivity index (χ1v) is 9.69. The molecular weight excluding hydrogens is 254 g/mol. The topological polar surface area (TPSA) is 3.24 Å². The Morgan fingerprint density at radius 1 is 0.619 bits per heavy atom. The fraction of sp³-hybridized carbons (Fsp3) is 1.00. The average Bonchev–Trinajstić information content (AvgIpc) is 2.43. The highest BCUT2D eigenvalue weighted by atomic mass is 15.0. The largest absolute Gasteiger partial charge is 0.309 e. The molecule has 1 nitrogen and oxygen atoms in total. The standard InChI is InChI=1S/C20H43N/c1-6-8-10-12-14-17-20(3,16-13-11-9-7-2)18-15-19-21(4)5/h6-19H2,1-5H3. The van der Waals surface area contributed by atoms with Crippen molar-refractivity contribution >= 4 is 0 Å². The molecule has 0 saturated heterocycles. The molecule has 0 bridgehead atoms. The van der Waals surface area contributed by atoms with E-state index < -0.39 is 0 Å². The Bertz CT molecular complexity index is 212. The smallest absolute Gasteiger partial charge is 0.00246 e. The van der Waals surface area contributed by atoms with Crippen molar-refractivity contribution in [3.05, 3.63) is 0 Å². The van der Waals surface area contributed by atoms with Gasteiger partial charge < -0.3 is 4.90 Å². The minimum atomic E-state index is 0.607. The van der Waals surface area contributed by atoms with Crippen LogP contribution in [0, 0.1) is 5.41 Å². The normalized spacial score (nSPS) is 14.6. The third-order valence-corrected chi connectivity index (χ3v) is 4.90. The van der Waals surface area contributed by atoms with E-state index in [2.05, 4.69) is 39.8 Å². The SMILES string of the molecule is CCCCCCCC(C)(CCCCCC)CCCN(C)C. The lowest BCUT2D eigenvalue weighted by Crippen LogP contribution is -2.20. The first-order valence-electron chi connectivity index (χ1n) is 9.69. The molecule has 1 heteroatoms. The summed E-state index contributed by atoms with van der Waals surface area (Å²) in [6.45, 7) is 8.43. The molecule has 0 aliphatic rings. The van der Waals surface area contributed by atoms with Gasteiger partial charge in [0.2, 0.25) is 0 Å². The van der Waals surface area contributed by atoms with Crippen LogP contribution in [0.2, 0.25) is 0 Å². The van der Waals surface area contributed by atoms with E-state index in [0.29, 0.717) is 5.41 Å². The van der Waals surface area contributed by atoms with Gasteiger partial charge in [-0.3, -0.25) is 0 Å². The van der Waals surface area contributed by atoms with Gasteiger partial charge in [-0.05, 0) is 51.7 Å². The van der Waals surface area contributed by atoms with E-state index in [0.717, 1.165) is 0 Å². The summed E-state index contributed by atoms with van der Waals surface area (Å²) in [5.41, 5.74) is 0.607. The lowest BCUT2D eigenvalue weighted by atomic mass is 9.76. The van der Waals surface area contributed by atoms with Crippen molar-refractivity contribution in [3.8, 4) is 0 Å². The van der Waals surface area contributed by atoms with E-state index in [4.69, 9.17) is 0 Å². The van der Waals surface area contributed by atoms with E-state index in [9.17, 15) is 0 Å². The summed E-state index contributed by atoms with van der Waals surface area (Å²) in [5, 5.41) is 0. The van der Waals surface area contributed by atoms with Crippen LogP contribution in [0.15, 0.2) is 0 Å². The van der Waals surface area contributed by atoms with E-state index >= 15 is 0 Å². The number of hydrogen-bond acceptors (Lipinski definition) is 1. The Hall–Kier alpha value is -0.0400. The molecular formula is C20H43N. The summed E-state index contributed by atoms with van der Waals surface area (Å²) >= 11 is 0. The van der Waals surface area contributed by atoms with Crippen LogP contribution in [0.5, 0.6) is 0 Å². The molecule has 0 aromatic rings. The van der Waals surface area contributed by atoms with Gasteiger partial charge in [0.25, 0.3) is 0 Å². The third-order valence-electron chi connectivity index (χ3n) is 4.90. The highest BCUT2D eigenvalue weighted by Gasteiger charge is 2.22. The highest BCUT2D eigenvalue weighted by Crippen LogP contribution is 2.36. The van der Waals surface area contributed by atoms with Crippen LogP contribution in [-0.4, -0.2) is 25.5 Å². The second kappa shape index (κ2) is 13.6. The molecule has 1 atom stereocenters. The molecule has 0 N–H and O–H groups in total. The van der Waals surface area contributed by atoms with Crippen LogP contribution >= 0.6 is 0 Å². The van der Waals surface area contributed by atoms with Crippen molar-refractivity contribution in [3.63, 3.8) is 0 Å². The Morgan fingerprint density at radius 3 is 1.52 bits per heavy atom. The minimum Gasteiger partial charge on any atom is -0.309 e. The van der Waals surface area contributed by atoms with Crippen LogP contribution < -0.4 is 0 Å². The molecule has 0 saturated carbocycles. The van der Waals surface area contributed by atoms with Gasteiger partial charge >= 0.3 is 0 Å². The minimum absolute atomic E-state index is 0.607. The molecule has 0 fully saturated rings. The molecule has 0 aromatic carbocycles. The van der Waals surface area contributed by atoms with Gasteiger partial charge in [0.1, 0.15) is 0 Å². The van der Waals surface area contributed by atoms with Crippen molar-refractivity contribution in [2.75, 3.05) is 20.6 Å². The van der Waals surface area contributed by atoms with Crippen LogP contribution in [-0.2, 0) is 0 Å². The van der Waals surface area contributed by atoms with Crippen LogP contribution in [0.3, 0.4) is 0 Å². The Morgan fingerprint density at radius 2 is 1.05 bits per heavy atom. The molecule has 1 unspecified atom stereocenters. The predicted molar refractivity (Wildman–Crippen MR) is 98.0 cm³/mol. The Labute approximate surface area is 135 Å². The number of nitrogens with zero attached hydrogens (tertiary/aromatic N) is 1. The molecule has 0 radical (unpaired) electrons. The van der Waals surface area contributed by atoms with E-state index in [-0.39, 0.29) is 0 Å². The summed E-state index contributed by atoms with van der Waals surface area (Å²) in [6.07, 6.45) is 18.5. The third kappa shape index (κ3) is 13.4. The van der Waals surface area contributed by atoms with Crippen molar-refractivity contribution < 1.29 is 0 Å². The Balaban J connectivity index is 4.04. The molecule has 128 valence electrons. The van der Waals surface area contributed by atoms with Gasteiger partial charge in [0.15, 0.2) is 0 Å². The maximum Gasteiger partial charge on any atom is -0.00246 e. The molecule has 0 amide bonds. The van der Waals surface area contributed by atoms with Gasteiger partial charge in [0, 0.05) is 0 Å². The zero-order valence-electron chi connectivity index (χ0n) is 15.8. The molecule has 0 spiro atoms. The Kier molecular flexibility index (Phi) is 13.6. The first-order chi connectivity index (χ1) is 10.0. The quantitative estimate of drug-likeness (QED) is 0.305. The van der Waals surface area contributed by atoms with Crippen molar-refractivity contribution in [1.29, 1.82) is 0 Å². The second-order valence-electron chi connectivity index (χ2n) is 7.69. The summed E-state index contributed by atoms with van der Waals surface area (Å²) in [6, 6.07) is 0. The van der Waals surface area contributed by atoms with E-state index in [1.165, 1.54) is 90.0 Å². The summed E-state index contributed by atoms with van der Waals surface area (Å²) in [7, 11) is 4.40. The predicted octanol–water partition coefficient (Wildman–Crippen LogP) is 6.67. The lowest BCUT2D eigenvalue weighted by Gasteiger charge is -2.30. The summed E-state index contributed by atoms with van der Waals surface area (Å²) in [5.74, 6) is 0. The molecule has 0 rings (SSSR count). The van der Waals surface area contributed by atoms with Crippen molar-refractivity contribution in [2.24, 2.45) is 5.41 Å². The van der Waals surface area contributed by atoms with Crippen molar-refractivity contribution in [2.45, 2.75) is 104 Å². The summed E-state index contributed by atoms with van der Waals surface area (Å²) < 4.78 is 0. The van der Waals surface area contributed by atoms with Gasteiger partial charge in [-0.1, -0.05) is 78.6 Å². The van der Waals surface area contributed by atoms with Crippen LogP contribution in [0.1, 0.15) is 104 Å². The average molecular weight is 298 g/mol.